The van der Waals surface area contributed by atoms with Gasteiger partial charge in [-0.15, -0.1) is 71.8 Å². The number of benzene rings is 5. The molecule has 2 aromatic heterocycles. The quantitative estimate of drug-likeness (QED) is 0.143. The Labute approximate surface area is 317 Å². The maximum atomic E-state index is 8.80. The van der Waals surface area contributed by atoms with Gasteiger partial charge < -0.3 is 9.55 Å². The molecule has 7 rings (SSSR count). The Hall–Kier alpha value is -4.63. The summed E-state index contributed by atoms with van der Waals surface area (Å²) in [7, 11) is 0. The van der Waals surface area contributed by atoms with Gasteiger partial charge >= 0.3 is 0 Å². The van der Waals surface area contributed by atoms with Crippen LogP contribution in [0, 0.1) is 18.1 Å². The molecule has 0 aliphatic rings. The van der Waals surface area contributed by atoms with Gasteiger partial charge in [0, 0.05) is 37.5 Å². The van der Waals surface area contributed by atoms with Crippen molar-refractivity contribution in [1.82, 2.24) is 14.5 Å². The van der Waals surface area contributed by atoms with Crippen molar-refractivity contribution in [1.29, 1.82) is 0 Å². The molecule has 0 N–H and O–H groups in total. The molecule has 0 unspecified atom stereocenters. The predicted octanol–water partition coefficient (Wildman–Crippen LogP) is 12.2. The van der Waals surface area contributed by atoms with E-state index < -0.39 is 18.2 Å². The molecule has 0 fully saturated rings. The first kappa shape index (κ1) is 31.4. The van der Waals surface area contributed by atoms with Gasteiger partial charge in [-0.25, -0.2) is 0 Å². The molecular weight excluding hydrogens is 787 g/mol. The molecule has 0 aliphatic heterocycles. The fraction of sp³-hybridized carbons (Fsp3) is 0.217. The minimum atomic E-state index is -1.32. The number of fused-ring (bicyclic) bond motifs is 1. The fourth-order valence-corrected chi connectivity index (χ4v) is 5.96. The molecule has 0 bridgehead atoms. The Morgan fingerprint density at radius 1 is 0.680 bits per heavy atom. The van der Waals surface area contributed by atoms with Gasteiger partial charge in [-0.1, -0.05) is 102 Å². The number of hydrogen-bond donors (Lipinski definition) is 0. The second kappa shape index (κ2) is 16.9. The molecule has 2 heterocycles. The molecule has 0 saturated carbocycles. The number of aromatic nitrogens is 3. The van der Waals surface area contributed by atoms with E-state index >= 15 is 0 Å². The Morgan fingerprint density at radius 2 is 1.30 bits per heavy atom. The van der Waals surface area contributed by atoms with Crippen molar-refractivity contribution in [3.05, 3.63) is 162 Å². The Morgan fingerprint density at radius 3 is 1.90 bits per heavy atom. The molecule has 5 aromatic carbocycles. The molecule has 4 heteroatoms. The number of para-hydroxylation sites is 3. The van der Waals surface area contributed by atoms with Crippen molar-refractivity contribution in [3.8, 4) is 39.5 Å². The zero-order valence-electron chi connectivity index (χ0n) is 33.5. The molecule has 7 aromatic rings. The van der Waals surface area contributed by atoms with Crippen LogP contribution in [-0.2, 0) is 26.5 Å². The summed E-state index contributed by atoms with van der Waals surface area (Å²) in [5.41, 5.74) is 10.0. The molecule has 0 spiro atoms. The van der Waals surface area contributed by atoms with E-state index in [4.69, 9.17) is 10.5 Å². The molecule has 1 radical (unpaired) electrons. The van der Waals surface area contributed by atoms with Gasteiger partial charge in [0.1, 0.15) is 0 Å². The van der Waals surface area contributed by atoms with Gasteiger partial charge in [-0.3, -0.25) is 4.98 Å². The van der Waals surface area contributed by atoms with Crippen LogP contribution in [0.3, 0.4) is 0 Å². The van der Waals surface area contributed by atoms with E-state index in [1.165, 1.54) is 0 Å². The minimum Gasteiger partial charge on any atom is -0.333 e. The standard InChI is InChI=1S/C25H25N2.C21H20N.Ir/c1-17(2)20-13-10-14-21(18(3)4)24(20)27-23-16-9-8-15-22(23)26-25(27)19-11-6-5-7-12-19;1-16(2)14-17-8-10-18(11-9-17)20-12-13-22-21(15-20)19-6-4-3-5-7-19;/h5-11,13-18H,1-4H3;3-6,8-13,15-16H,14H2,1-2H3;/q2*-1;/i17D,18D;14D2;. The summed E-state index contributed by atoms with van der Waals surface area (Å²) < 4.78 is 36.1. The zero-order valence-corrected chi connectivity index (χ0v) is 31.8. The Bertz CT molecular complexity index is 2270. The van der Waals surface area contributed by atoms with E-state index in [0.717, 1.165) is 61.6 Å². The fourth-order valence-electron chi connectivity index (χ4n) is 5.96. The SMILES string of the molecule is [2H]C(C)(C)c1cccc(C([2H])(C)C)c1-n1c(-c2[c-]cccc2)nc2ccccc21.[2H]C([2H])(c1ccc(-c2ccnc(-c3[c-]cccc3)c2)cc1)C(C)C.[Ir]. The van der Waals surface area contributed by atoms with Crippen LogP contribution >= 0.6 is 0 Å². The number of imidazole rings is 1. The monoisotopic (exact) mass is 836 g/mol. The second-order valence-corrected chi connectivity index (χ2v) is 12.8. The largest absolute Gasteiger partial charge is 0.333 e. The molecule has 50 heavy (non-hydrogen) atoms. The van der Waals surface area contributed by atoms with Crippen LogP contribution in [0.4, 0.5) is 0 Å². The van der Waals surface area contributed by atoms with Crippen LogP contribution in [0.5, 0.6) is 0 Å². The Balaban J connectivity index is 0.000000208. The van der Waals surface area contributed by atoms with E-state index in [1.54, 1.807) is 6.20 Å². The summed E-state index contributed by atoms with van der Waals surface area (Å²) in [5.74, 6) is -0.960. The average Bonchev–Trinajstić information content (AvgIpc) is 3.54. The van der Waals surface area contributed by atoms with Gasteiger partial charge in [-0.2, -0.15) is 0 Å². The summed E-state index contributed by atoms with van der Waals surface area (Å²) in [6, 6.07) is 47.8. The van der Waals surface area contributed by atoms with Crippen LogP contribution in [0.1, 0.15) is 75.5 Å². The first-order valence-corrected chi connectivity index (χ1v) is 16.8. The summed E-state index contributed by atoms with van der Waals surface area (Å²) in [6.45, 7) is 11.4. The van der Waals surface area contributed by atoms with E-state index in [2.05, 4.69) is 21.7 Å². The van der Waals surface area contributed by atoms with E-state index in [9.17, 15) is 0 Å². The maximum Gasteiger partial charge on any atom is 0.0774 e. The van der Waals surface area contributed by atoms with Crippen molar-refractivity contribution in [2.24, 2.45) is 5.92 Å². The van der Waals surface area contributed by atoms with Crippen LogP contribution < -0.4 is 0 Å². The first-order chi connectivity index (χ1) is 25.2. The summed E-state index contributed by atoms with van der Waals surface area (Å²) in [5, 5.41) is 0. The van der Waals surface area contributed by atoms with Crippen molar-refractivity contribution < 1.29 is 25.6 Å². The molecule has 3 nitrogen and oxygen atoms in total. The smallest absolute Gasteiger partial charge is 0.0774 e. The van der Waals surface area contributed by atoms with Gasteiger partial charge in [0.2, 0.25) is 0 Å². The second-order valence-electron chi connectivity index (χ2n) is 12.8. The molecular formula is C46H45IrN3-2. The molecule has 0 amide bonds. The van der Waals surface area contributed by atoms with Crippen molar-refractivity contribution >= 4 is 11.0 Å². The number of nitrogens with zero attached hydrogens (tertiary/aromatic N) is 3. The van der Waals surface area contributed by atoms with Crippen LogP contribution in [-0.4, -0.2) is 14.5 Å². The summed E-state index contributed by atoms with van der Waals surface area (Å²) in [4.78, 5) is 9.34. The number of pyridine rings is 1. The Kier molecular flexibility index (Phi) is 10.6. The van der Waals surface area contributed by atoms with Gasteiger partial charge in [-0.05, 0) is 75.8 Å². The third-order valence-electron chi connectivity index (χ3n) is 8.27. The average molecular weight is 836 g/mol. The number of rotatable bonds is 8. The van der Waals surface area contributed by atoms with E-state index in [-0.39, 0.29) is 26.0 Å². The van der Waals surface area contributed by atoms with Gasteiger partial charge in [0.25, 0.3) is 0 Å². The zero-order chi connectivity index (χ0) is 38.0. The van der Waals surface area contributed by atoms with Crippen molar-refractivity contribution in [2.45, 2.75) is 59.7 Å². The normalized spacial score (nSPS) is 12.9. The molecule has 0 atom stereocenters. The molecule has 0 aliphatic carbocycles. The van der Waals surface area contributed by atoms with Crippen LogP contribution in [0.2, 0.25) is 0 Å². The summed E-state index contributed by atoms with van der Waals surface area (Å²) >= 11 is 0. The van der Waals surface area contributed by atoms with Gasteiger partial charge in [0.05, 0.1) is 16.9 Å². The van der Waals surface area contributed by atoms with Crippen LogP contribution in [0.25, 0.3) is 50.5 Å². The van der Waals surface area contributed by atoms with E-state index in [1.807, 2.05) is 169 Å². The molecule has 255 valence electrons. The third-order valence-corrected chi connectivity index (χ3v) is 8.27. The van der Waals surface area contributed by atoms with Gasteiger partial charge in [0.15, 0.2) is 0 Å². The maximum absolute atomic E-state index is 8.80. The van der Waals surface area contributed by atoms with E-state index in [0.29, 0.717) is 5.56 Å². The van der Waals surface area contributed by atoms with Crippen molar-refractivity contribution in [2.75, 3.05) is 0 Å². The third kappa shape index (κ3) is 8.38. The topological polar surface area (TPSA) is 30.7 Å². The minimum absolute atomic E-state index is 0. The summed E-state index contributed by atoms with van der Waals surface area (Å²) in [6.07, 6.45) is 0.480. The number of hydrogen-bond acceptors (Lipinski definition) is 2. The van der Waals surface area contributed by atoms with Crippen LogP contribution in [0.15, 0.2) is 134 Å². The molecule has 0 saturated heterocycles. The first-order valence-electron chi connectivity index (χ1n) is 18.8. The van der Waals surface area contributed by atoms with Crippen molar-refractivity contribution in [3.63, 3.8) is 0 Å². The predicted molar refractivity (Wildman–Crippen MR) is 206 cm³/mol.